The summed E-state index contributed by atoms with van der Waals surface area (Å²) >= 11 is 0. The van der Waals surface area contributed by atoms with Crippen LogP contribution in [-0.4, -0.2) is 35.7 Å². The van der Waals surface area contributed by atoms with Crippen molar-refractivity contribution in [2.45, 2.75) is 25.7 Å². The van der Waals surface area contributed by atoms with Gasteiger partial charge in [0.15, 0.2) is 0 Å². The maximum Gasteiger partial charge on any atom is 0.307 e. The molecule has 1 heterocycles. The highest BCUT2D eigenvalue weighted by Crippen LogP contribution is 2.16. The number of carbonyl (C=O) groups is 1. The van der Waals surface area contributed by atoms with E-state index in [9.17, 15) is 4.79 Å². The highest BCUT2D eigenvalue weighted by molar-refractivity contribution is 5.70. The molecule has 0 aliphatic carbocycles. The smallest absolute Gasteiger partial charge is 0.307 e. The van der Waals surface area contributed by atoms with Crippen molar-refractivity contribution in [2.24, 2.45) is 0 Å². The minimum Gasteiger partial charge on any atom is -0.481 e. The molecule has 25 heavy (non-hydrogen) atoms. The number of pyridine rings is 1. The second kappa shape index (κ2) is 9.64. The van der Waals surface area contributed by atoms with Gasteiger partial charge >= 0.3 is 5.97 Å². The molecular formula is C19H26N4O2. The number of nitrogen functional groups attached to an aromatic ring is 1. The Morgan fingerprint density at radius 3 is 2.88 bits per heavy atom. The van der Waals surface area contributed by atoms with E-state index in [1.165, 1.54) is 0 Å². The van der Waals surface area contributed by atoms with Crippen LogP contribution >= 0.6 is 0 Å². The van der Waals surface area contributed by atoms with Crippen molar-refractivity contribution in [2.75, 3.05) is 30.7 Å². The van der Waals surface area contributed by atoms with Crippen LogP contribution in [0.4, 0.5) is 11.5 Å². The largest absolute Gasteiger partial charge is 0.481 e. The molecule has 0 saturated carbocycles. The predicted octanol–water partition coefficient (Wildman–Crippen LogP) is 2.49. The molecule has 1 aromatic carbocycles. The quantitative estimate of drug-likeness (QED) is 0.495. The van der Waals surface area contributed by atoms with Gasteiger partial charge in [-0.25, -0.2) is 4.98 Å². The normalized spacial score (nSPS) is 11.9. The third kappa shape index (κ3) is 6.43. The molecule has 0 aliphatic rings. The summed E-state index contributed by atoms with van der Waals surface area (Å²) in [7, 11) is 0. The zero-order chi connectivity index (χ0) is 18.1. The molecule has 0 unspecified atom stereocenters. The first kappa shape index (κ1) is 18.7. The number of anilines is 2. The van der Waals surface area contributed by atoms with Crippen molar-refractivity contribution in [1.82, 2.24) is 10.3 Å². The lowest BCUT2D eigenvalue weighted by molar-refractivity contribution is -0.136. The van der Waals surface area contributed by atoms with Crippen LogP contribution in [0.3, 0.4) is 0 Å². The molecule has 0 amide bonds. The van der Waals surface area contributed by atoms with Gasteiger partial charge in [-0.15, -0.1) is 0 Å². The van der Waals surface area contributed by atoms with E-state index in [0.29, 0.717) is 11.7 Å². The molecule has 1 aromatic heterocycles. The Labute approximate surface area is 148 Å². The van der Waals surface area contributed by atoms with E-state index >= 15 is 0 Å². The van der Waals surface area contributed by atoms with Crippen LogP contribution < -0.4 is 16.4 Å². The summed E-state index contributed by atoms with van der Waals surface area (Å²) in [5.41, 5.74) is 8.65. The molecule has 134 valence electrons. The number of rotatable bonds is 10. The lowest BCUT2D eigenvalue weighted by atomic mass is 9.98. The molecule has 2 aromatic rings. The van der Waals surface area contributed by atoms with Gasteiger partial charge < -0.3 is 21.5 Å². The maximum atomic E-state index is 10.8. The number of carboxylic acids is 1. The van der Waals surface area contributed by atoms with E-state index in [1.807, 2.05) is 36.4 Å². The molecule has 0 radical (unpaired) electrons. The SMILES string of the molecule is C[C@H](CNCCCNc1cccnc1N)c1cccc(CC(=O)O)c1. The number of aliphatic carboxylic acids is 1. The first-order valence-corrected chi connectivity index (χ1v) is 8.52. The van der Waals surface area contributed by atoms with E-state index in [-0.39, 0.29) is 6.42 Å². The Kier molecular flexibility index (Phi) is 7.22. The molecular weight excluding hydrogens is 316 g/mol. The van der Waals surface area contributed by atoms with Crippen molar-refractivity contribution in [3.05, 3.63) is 53.7 Å². The summed E-state index contributed by atoms with van der Waals surface area (Å²) < 4.78 is 0. The molecule has 2 rings (SSSR count). The second-order valence-electron chi connectivity index (χ2n) is 6.14. The van der Waals surface area contributed by atoms with Crippen LogP contribution in [0.15, 0.2) is 42.6 Å². The molecule has 1 atom stereocenters. The van der Waals surface area contributed by atoms with Crippen LogP contribution in [0.5, 0.6) is 0 Å². The number of aromatic nitrogens is 1. The summed E-state index contributed by atoms with van der Waals surface area (Å²) in [6.45, 7) is 4.71. The molecule has 0 bridgehead atoms. The van der Waals surface area contributed by atoms with Crippen LogP contribution in [0.2, 0.25) is 0 Å². The number of benzene rings is 1. The maximum absolute atomic E-state index is 10.8. The van der Waals surface area contributed by atoms with Gasteiger partial charge in [0, 0.05) is 19.3 Å². The third-order valence-corrected chi connectivity index (χ3v) is 4.01. The first-order chi connectivity index (χ1) is 12.1. The number of hydrogen-bond acceptors (Lipinski definition) is 5. The molecule has 0 fully saturated rings. The average molecular weight is 342 g/mol. The fourth-order valence-electron chi connectivity index (χ4n) is 2.62. The zero-order valence-electron chi connectivity index (χ0n) is 14.5. The van der Waals surface area contributed by atoms with Gasteiger partial charge in [-0.2, -0.15) is 0 Å². The van der Waals surface area contributed by atoms with Gasteiger partial charge in [0.2, 0.25) is 0 Å². The van der Waals surface area contributed by atoms with Crippen LogP contribution in [0.25, 0.3) is 0 Å². The van der Waals surface area contributed by atoms with Gasteiger partial charge in [0.1, 0.15) is 5.82 Å². The summed E-state index contributed by atoms with van der Waals surface area (Å²) in [5.74, 6) is 0.0469. The molecule has 5 N–H and O–H groups in total. The van der Waals surface area contributed by atoms with Crippen molar-refractivity contribution >= 4 is 17.5 Å². The lowest BCUT2D eigenvalue weighted by Crippen LogP contribution is -2.23. The van der Waals surface area contributed by atoms with Gasteiger partial charge in [0.05, 0.1) is 12.1 Å². The zero-order valence-corrected chi connectivity index (χ0v) is 14.5. The van der Waals surface area contributed by atoms with Crippen LogP contribution in [-0.2, 0) is 11.2 Å². The minimum absolute atomic E-state index is 0.0666. The number of hydrogen-bond donors (Lipinski definition) is 4. The van der Waals surface area contributed by atoms with Gasteiger partial charge in [-0.1, -0.05) is 31.2 Å². The molecule has 6 heteroatoms. The third-order valence-electron chi connectivity index (χ3n) is 4.01. The predicted molar refractivity (Wildman–Crippen MR) is 101 cm³/mol. The Bertz CT molecular complexity index is 691. The highest BCUT2D eigenvalue weighted by Gasteiger charge is 2.07. The molecule has 0 spiro atoms. The van der Waals surface area contributed by atoms with Gasteiger partial charge in [-0.3, -0.25) is 4.79 Å². The first-order valence-electron chi connectivity index (χ1n) is 8.52. The lowest BCUT2D eigenvalue weighted by Gasteiger charge is -2.14. The number of nitrogens with zero attached hydrogens (tertiary/aromatic N) is 1. The number of nitrogens with one attached hydrogen (secondary N) is 2. The van der Waals surface area contributed by atoms with E-state index in [0.717, 1.165) is 42.9 Å². The van der Waals surface area contributed by atoms with Crippen LogP contribution in [0, 0.1) is 0 Å². The van der Waals surface area contributed by atoms with E-state index in [1.54, 1.807) is 6.20 Å². The fourth-order valence-corrected chi connectivity index (χ4v) is 2.62. The fraction of sp³-hybridized carbons (Fsp3) is 0.368. The Balaban J connectivity index is 1.67. The Hall–Kier alpha value is -2.60. The average Bonchev–Trinajstić information content (AvgIpc) is 2.59. The monoisotopic (exact) mass is 342 g/mol. The number of nitrogens with two attached hydrogens (primary N) is 1. The van der Waals surface area contributed by atoms with Crippen LogP contribution in [0.1, 0.15) is 30.4 Å². The van der Waals surface area contributed by atoms with Gasteiger partial charge in [0.25, 0.3) is 0 Å². The summed E-state index contributed by atoms with van der Waals surface area (Å²) in [6, 6.07) is 11.6. The summed E-state index contributed by atoms with van der Waals surface area (Å²) in [5, 5.41) is 15.6. The van der Waals surface area contributed by atoms with Crippen molar-refractivity contribution in [3.8, 4) is 0 Å². The van der Waals surface area contributed by atoms with Gasteiger partial charge in [-0.05, 0) is 42.1 Å². The van der Waals surface area contributed by atoms with Crippen molar-refractivity contribution in [3.63, 3.8) is 0 Å². The van der Waals surface area contributed by atoms with Crippen molar-refractivity contribution < 1.29 is 9.90 Å². The standard InChI is InChI=1S/C19H26N4O2/c1-14(16-6-2-5-15(11-16)12-18(24)25)13-21-8-4-10-22-17-7-3-9-23-19(17)20/h2-3,5-7,9,11,14,21-22H,4,8,10,12-13H2,1H3,(H2,20,23)(H,24,25)/t14-/m1/s1. The van der Waals surface area contributed by atoms with E-state index in [2.05, 4.69) is 22.5 Å². The minimum atomic E-state index is -0.801. The topological polar surface area (TPSA) is 100 Å². The molecule has 0 saturated heterocycles. The Morgan fingerprint density at radius 1 is 1.28 bits per heavy atom. The van der Waals surface area contributed by atoms with E-state index in [4.69, 9.17) is 10.8 Å². The van der Waals surface area contributed by atoms with Crippen molar-refractivity contribution in [1.29, 1.82) is 0 Å². The summed E-state index contributed by atoms with van der Waals surface area (Å²) in [4.78, 5) is 14.9. The number of carboxylic acid groups (broad SMARTS) is 1. The Morgan fingerprint density at radius 2 is 2.12 bits per heavy atom. The molecule has 6 nitrogen and oxygen atoms in total. The second-order valence-corrected chi connectivity index (χ2v) is 6.14. The van der Waals surface area contributed by atoms with E-state index < -0.39 is 5.97 Å². The molecule has 0 aliphatic heterocycles. The summed E-state index contributed by atoms with van der Waals surface area (Å²) in [6.07, 6.45) is 2.71. The highest BCUT2D eigenvalue weighted by atomic mass is 16.4.